The highest BCUT2D eigenvalue weighted by Crippen LogP contribution is 2.37. The van der Waals surface area contributed by atoms with Crippen LogP contribution in [-0.4, -0.2) is 56.1 Å². The Balaban J connectivity index is 2.32. The van der Waals surface area contributed by atoms with Crippen LogP contribution in [0.3, 0.4) is 0 Å². The Morgan fingerprint density at radius 1 is 0.970 bits per heavy atom. The summed E-state index contributed by atoms with van der Waals surface area (Å²) in [5.41, 5.74) is 3.08. The van der Waals surface area contributed by atoms with Crippen LogP contribution in [0.25, 0.3) is 5.65 Å². The largest absolute Gasteiger partial charge is 0.495 e. The van der Waals surface area contributed by atoms with E-state index in [1.807, 2.05) is 27.7 Å². The van der Waals surface area contributed by atoms with Gasteiger partial charge in [-0.2, -0.15) is 4.98 Å². The molecule has 1 aliphatic heterocycles. The molecule has 1 saturated heterocycles. The summed E-state index contributed by atoms with van der Waals surface area (Å²) in [4.78, 5) is 31.0. The number of nitrogen functional groups attached to an aromatic ring is 1. The van der Waals surface area contributed by atoms with Gasteiger partial charge in [0.25, 0.3) is 0 Å². The third-order valence-electron chi connectivity index (χ3n) is 5.37. The molecule has 3 heterocycles. The van der Waals surface area contributed by atoms with Crippen molar-refractivity contribution in [3.63, 3.8) is 0 Å². The Hall–Kier alpha value is -2.66. The Bertz CT molecular complexity index is 1090. The average molecular weight is 460 g/mol. The molecule has 2 N–H and O–H groups in total. The fourth-order valence-electron chi connectivity index (χ4n) is 3.27. The number of esters is 2. The van der Waals surface area contributed by atoms with Crippen molar-refractivity contribution in [2.24, 2.45) is 0 Å². The number of ether oxygens (including phenoxy) is 2. The van der Waals surface area contributed by atoms with Gasteiger partial charge in [-0.25, -0.2) is 14.1 Å². The van der Waals surface area contributed by atoms with Gasteiger partial charge in [0.15, 0.2) is 11.3 Å². The van der Waals surface area contributed by atoms with E-state index in [2.05, 4.69) is 10.1 Å². The molecule has 0 unspecified atom stereocenters. The molecule has 0 spiro atoms. The number of hydrogen-bond donors (Lipinski definition) is 1. The fourth-order valence-corrected chi connectivity index (χ4v) is 3.27. The van der Waals surface area contributed by atoms with Crippen LogP contribution in [0, 0.1) is 0 Å². The van der Waals surface area contributed by atoms with Gasteiger partial charge in [0.1, 0.15) is 11.2 Å². The van der Waals surface area contributed by atoms with Gasteiger partial charge in [0, 0.05) is 5.46 Å². The molecule has 10 nitrogen and oxygen atoms in total. The first-order valence-corrected chi connectivity index (χ1v) is 10.8. The van der Waals surface area contributed by atoms with Crippen LogP contribution in [0.2, 0.25) is 0 Å². The molecule has 0 bridgehead atoms. The van der Waals surface area contributed by atoms with Gasteiger partial charge in [-0.05, 0) is 75.3 Å². The standard InChI is InChI=1S/C22H33BN4O6/c1-19(2,3)30-16(28)14-12(23-32-21(7,8)22(9,10)33-23)11-13-25-18(24)26-27(13)15(14)17(29)31-20(4,5)6/h11H,1-10H3,(H2,24,26). The predicted molar refractivity (Wildman–Crippen MR) is 123 cm³/mol. The second-order valence-electron chi connectivity index (χ2n) is 11.2. The second kappa shape index (κ2) is 7.70. The Morgan fingerprint density at radius 3 is 1.94 bits per heavy atom. The highest BCUT2D eigenvalue weighted by atomic mass is 16.7. The third kappa shape index (κ3) is 4.99. The van der Waals surface area contributed by atoms with Crippen LogP contribution in [0.15, 0.2) is 6.07 Å². The number of nitrogens with zero attached hydrogens (tertiary/aromatic N) is 3. The van der Waals surface area contributed by atoms with E-state index in [0.717, 1.165) is 0 Å². The summed E-state index contributed by atoms with van der Waals surface area (Å²) in [6.07, 6.45) is 0. The van der Waals surface area contributed by atoms with Crippen molar-refractivity contribution in [1.82, 2.24) is 14.6 Å². The molecule has 33 heavy (non-hydrogen) atoms. The van der Waals surface area contributed by atoms with Crippen molar-refractivity contribution in [3.8, 4) is 0 Å². The molecule has 0 atom stereocenters. The number of rotatable bonds is 3. The van der Waals surface area contributed by atoms with Gasteiger partial charge in [0.05, 0.1) is 16.8 Å². The number of aromatic nitrogens is 3. The number of anilines is 1. The maximum absolute atomic E-state index is 13.5. The van der Waals surface area contributed by atoms with Crippen LogP contribution in [0.4, 0.5) is 5.95 Å². The first-order chi connectivity index (χ1) is 14.8. The SMILES string of the molecule is CC(C)(C)OC(=O)c1c(B2OC(C)(C)C(C)(C)O2)cc2nc(N)nn2c1C(=O)OC(C)(C)C. The number of carbonyl (C=O) groups is 2. The van der Waals surface area contributed by atoms with Gasteiger partial charge in [-0.15, -0.1) is 5.10 Å². The molecule has 3 rings (SSSR count). The van der Waals surface area contributed by atoms with E-state index in [0.29, 0.717) is 0 Å². The summed E-state index contributed by atoms with van der Waals surface area (Å²) in [6.45, 7) is 17.9. The Kier molecular flexibility index (Phi) is 5.83. The van der Waals surface area contributed by atoms with E-state index in [9.17, 15) is 9.59 Å². The van der Waals surface area contributed by atoms with E-state index >= 15 is 0 Å². The summed E-state index contributed by atoms with van der Waals surface area (Å²) in [5, 5.41) is 4.12. The zero-order valence-corrected chi connectivity index (χ0v) is 21.0. The van der Waals surface area contributed by atoms with Gasteiger partial charge < -0.3 is 24.5 Å². The lowest BCUT2D eigenvalue weighted by Gasteiger charge is -2.32. The summed E-state index contributed by atoms with van der Waals surface area (Å²) < 4.78 is 24.8. The van der Waals surface area contributed by atoms with Gasteiger partial charge in [-0.3, -0.25) is 0 Å². The molecule has 1 aliphatic rings. The van der Waals surface area contributed by atoms with E-state index < -0.39 is 41.5 Å². The number of hydrogen-bond acceptors (Lipinski definition) is 9. The van der Waals surface area contributed by atoms with E-state index in [4.69, 9.17) is 24.5 Å². The zero-order chi connectivity index (χ0) is 25.1. The summed E-state index contributed by atoms with van der Waals surface area (Å²) in [7, 11) is -0.971. The smallest absolute Gasteiger partial charge is 0.456 e. The predicted octanol–water partition coefficient (Wildman–Crippen LogP) is 2.52. The van der Waals surface area contributed by atoms with E-state index in [1.54, 1.807) is 47.6 Å². The normalized spacial score (nSPS) is 17.9. The first-order valence-electron chi connectivity index (χ1n) is 10.8. The molecule has 1 fully saturated rings. The molecule has 0 aliphatic carbocycles. The minimum Gasteiger partial charge on any atom is -0.456 e. The van der Waals surface area contributed by atoms with Gasteiger partial charge in [0.2, 0.25) is 5.95 Å². The van der Waals surface area contributed by atoms with Crippen LogP contribution in [0.1, 0.15) is 90.1 Å². The van der Waals surface area contributed by atoms with Crippen LogP contribution in [-0.2, 0) is 18.8 Å². The van der Waals surface area contributed by atoms with Crippen molar-refractivity contribution >= 4 is 36.1 Å². The monoisotopic (exact) mass is 460 g/mol. The number of nitrogens with two attached hydrogens (primary N) is 1. The molecule has 0 amide bonds. The van der Waals surface area contributed by atoms with Crippen molar-refractivity contribution in [1.29, 1.82) is 0 Å². The maximum atomic E-state index is 13.5. The molecular weight excluding hydrogens is 427 g/mol. The molecule has 2 aromatic rings. The van der Waals surface area contributed by atoms with E-state index in [1.165, 1.54) is 4.52 Å². The van der Waals surface area contributed by atoms with Crippen molar-refractivity contribution < 1.29 is 28.4 Å². The molecule has 2 aromatic heterocycles. The van der Waals surface area contributed by atoms with Gasteiger partial charge in [-0.1, -0.05) is 0 Å². The van der Waals surface area contributed by atoms with E-state index in [-0.39, 0.29) is 28.3 Å². The lowest BCUT2D eigenvalue weighted by Crippen LogP contribution is -2.42. The van der Waals surface area contributed by atoms with Crippen LogP contribution >= 0.6 is 0 Å². The average Bonchev–Trinajstić information content (AvgIpc) is 3.04. The molecule has 0 aromatic carbocycles. The quantitative estimate of drug-likeness (QED) is 0.543. The van der Waals surface area contributed by atoms with Crippen LogP contribution in [0.5, 0.6) is 0 Å². The fraction of sp³-hybridized carbons (Fsp3) is 0.636. The van der Waals surface area contributed by atoms with Crippen LogP contribution < -0.4 is 11.2 Å². The number of pyridine rings is 1. The first kappa shape index (κ1) is 25.0. The summed E-state index contributed by atoms with van der Waals surface area (Å²) >= 11 is 0. The third-order valence-corrected chi connectivity index (χ3v) is 5.37. The van der Waals surface area contributed by atoms with Gasteiger partial charge >= 0.3 is 19.1 Å². The topological polar surface area (TPSA) is 127 Å². The minimum absolute atomic E-state index is 0.0685. The molecule has 0 radical (unpaired) electrons. The zero-order valence-electron chi connectivity index (χ0n) is 21.0. The summed E-state index contributed by atoms with van der Waals surface area (Å²) in [6, 6.07) is 1.57. The molecule has 180 valence electrons. The molecular formula is C22H33BN4O6. The molecule has 0 saturated carbocycles. The highest BCUT2D eigenvalue weighted by molar-refractivity contribution is 6.64. The minimum atomic E-state index is -0.971. The van der Waals surface area contributed by atoms with Crippen molar-refractivity contribution in [2.45, 2.75) is 91.6 Å². The van der Waals surface area contributed by atoms with Crippen molar-refractivity contribution in [3.05, 3.63) is 17.3 Å². The lowest BCUT2D eigenvalue weighted by molar-refractivity contribution is 0.00117. The van der Waals surface area contributed by atoms with Crippen molar-refractivity contribution in [2.75, 3.05) is 5.73 Å². The number of carbonyl (C=O) groups excluding carboxylic acids is 2. The Morgan fingerprint density at radius 2 is 1.45 bits per heavy atom. The maximum Gasteiger partial charge on any atom is 0.495 e. The summed E-state index contributed by atoms with van der Waals surface area (Å²) in [5.74, 6) is -1.60. The lowest BCUT2D eigenvalue weighted by atomic mass is 9.75. The highest BCUT2D eigenvalue weighted by Gasteiger charge is 2.53. The number of fused-ring (bicyclic) bond motifs is 1. The molecule has 11 heteroatoms. The second-order valence-corrected chi connectivity index (χ2v) is 11.2. The Labute approximate surface area is 194 Å².